The number of pyridine rings is 2. The Kier molecular flexibility index (Phi) is 5.66. The maximum atomic E-state index is 13.1. The van der Waals surface area contributed by atoms with Crippen LogP contribution in [0.3, 0.4) is 0 Å². The summed E-state index contributed by atoms with van der Waals surface area (Å²) in [6.45, 7) is 0.434. The Morgan fingerprint density at radius 1 is 1.04 bits per heavy atom. The molecular formula is C20H19FN4O. The summed E-state index contributed by atoms with van der Waals surface area (Å²) in [5, 5.41) is 3.16. The van der Waals surface area contributed by atoms with Crippen molar-refractivity contribution in [1.82, 2.24) is 15.3 Å². The number of nitrogens with one attached hydrogen (secondary N) is 1. The first-order valence-corrected chi connectivity index (χ1v) is 8.22. The van der Waals surface area contributed by atoms with Gasteiger partial charge >= 0.3 is 0 Å². The summed E-state index contributed by atoms with van der Waals surface area (Å²) in [5.41, 5.74) is 9.27. The molecular weight excluding hydrogens is 331 g/mol. The van der Waals surface area contributed by atoms with E-state index in [1.54, 1.807) is 30.7 Å². The zero-order chi connectivity index (χ0) is 18.4. The van der Waals surface area contributed by atoms with Crippen LogP contribution in [-0.4, -0.2) is 15.9 Å². The lowest BCUT2D eigenvalue weighted by molar-refractivity contribution is -0.120. The molecule has 3 rings (SSSR count). The zero-order valence-corrected chi connectivity index (χ0v) is 14.1. The van der Waals surface area contributed by atoms with Crippen LogP contribution in [0.1, 0.15) is 28.3 Å². The summed E-state index contributed by atoms with van der Waals surface area (Å²) < 4.78 is 13.1. The van der Waals surface area contributed by atoms with Gasteiger partial charge in [0.15, 0.2) is 0 Å². The largest absolute Gasteiger partial charge is 0.368 e. The van der Waals surface area contributed by atoms with Gasteiger partial charge in [-0.1, -0.05) is 18.2 Å². The van der Waals surface area contributed by atoms with Crippen molar-refractivity contribution in [2.45, 2.75) is 19.0 Å². The molecule has 1 aromatic carbocycles. The third kappa shape index (κ3) is 4.49. The molecule has 3 aromatic rings. The van der Waals surface area contributed by atoms with Crippen LogP contribution in [0.5, 0.6) is 0 Å². The first-order valence-electron chi connectivity index (χ1n) is 8.22. The van der Waals surface area contributed by atoms with Gasteiger partial charge < -0.3 is 5.73 Å². The Morgan fingerprint density at radius 2 is 1.81 bits per heavy atom. The predicted molar refractivity (Wildman–Crippen MR) is 96.5 cm³/mol. The normalized spacial score (nSPS) is 11.9. The number of primary amides is 1. The standard InChI is InChI=1S/C20H19FN4O/c21-18-5-3-15(4-6-18)19(20(22)26)25-13-16-7-9-24-12-17(16)10-14-2-1-8-23-11-14/h1-9,11-12,19,25H,10,13H2,(H2,22,26). The zero-order valence-electron chi connectivity index (χ0n) is 14.1. The molecule has 26 heavy (non-hydrogen) atoms. The van der Waals surface area contributed by atoms with E-state index in [2.05, 4.69) is 15.3 Å². The van der Waals surface area contributed by atoms with E-state index < -0.39 is 11.9 Å². The minimum absolute atomic E-state index is 0.357. The molecule has 1 atom stereocenters. The van der Waals surface area contributed by atoms with Crippen molar-refractivity contribution in [2.24, 2.45) is 5.73 Å². The maximum absolute atomic E-state index is 13.1. The van der Waals surface area contributed by atoms with Gasteiger partial charge in [-0.25, -0.2) is 4.39 Å². The Hall–Kier alpha value is -3.12. The molecule has 0 bridgehead atoms. The topological polar surface area (TPSA) is 80.9 Å². The molecule has 132 valence electrons. The van der Waals surface area contributed by atoms with Crippen molar-refractivity contribution in [3.05, 3.63) is 95.3 Å². The number of nitrogens with two attached hydrogens (primary N) is 1. The van der Waals surface area contributed by atoms with Gasteiger partial charge in [0.2, 0.25) is 5.91 Å². The van der Waals surface area contributed by atoms with Gasteiger partial charge in [0.25, 0.3) is 0 Å². The van der Waals surface area contributed by atoms with E-state index >= 15 is 0 Å². The van der Waals surface area contributed by atoms with Gasteiger partial charge in [0, 0.05) is 37.8 Å². The summed E-state index contributed by atoms with van der Waals surface area (Å²) in [6, 6.07) is 10.8. The van der Waals surface area contributed by atoms with E-state index in [1.807, 2.05) is 24.4 Å². The van der Waals surface area contributed by atoms with Crippen LogP contribution in [-0.2, 0) is 17.8 Å². The highest BCUT2D eigenvalue weighted by atomic mass is 19.1. The number of rotatable bonds is 7. The van der Waals surface area contributed by atoms with Crippen molar-refractivity contribution >= 4 is 5.91 Å². The van der Waals surface area contributed by atoms with E-state index in [-0.39, 0.29) is 5.82 Å². The highest BCUT2D eigenvalue weighted by molar-refractivity contribution is 5.81. The summed E-state index contributed by atoms with van der Waals surface area (Å²) >= 11 is 0. The lowest BCUT2D eigenvalue weighted by atomic mass is 10.0. The number of hydrogen-bond acceptors (Lipinski definition) is 4. The summed E-state index contributed by atoms with van der Waals surface area (Å²) in [5.74, 6) is -0.871. The van der Waals surface area contributed by atoms with E-state index in [4.69, 9.17) is 5.73 Å². The Bertz CT molecular complexity index is 868. The molecule has 3 N–H and O–H groups in total. The number of amides is 1. The van der Waals surface area contributed by atoms with Gasteiger partial charge in [-0.05, 0) is 46.5 Å². The van der Waals surface area contributed by atoms with Gasteiger partial charge in [0.05, 0.1) is 0 Å². The molecule has 0 aliphatic heterocycles. The SMILES string of the molecule is NC(=O)C(NCc1ccncc1Cc1cccnc1)c1ccc(F)cc1. The second-order valence-corrected chi connectivity index (χ2v) is 5.95. The molecule has 0 aliphatic rings. The molecule has 5 nitrogen and oxygen atoms in total. The molecule has 1 unspecified atom stereocenters. The molecule has 6 heteroatoms. The second kappa shape index (κ2) is 8.31. The fourth-order valence-electron chi connectivity index (χ4n) is 2.76. The van der Waals surface area contributed by atoms with Crippen LogP contribution in [0.2, 0.25) is 0 Å². The molecule has 0 radical (unpaired) electrons. The summed E-state index contributed by atoms with van der Waals surface area (Å²) in [6.07, 6.45) is 7.75. The first kappa shape index (κ1) is 17.7. The molecule has 0 aliphatic carbocycles. The highest BCUT2D eigenvalue weighted by Gasteiger charge is 2.17. The average Bonchev–Trinajstić information content (AvgIpc) is 2.65. The molecule has 2 aromatic heterocycles. The number of halogens is 1. The van der Waals surface area contributed by atoms with Crippen molar-refractivity contribution in [3.8, 4) is 0 Å². The second-order valence-electron chi connectivity index (χ2n) is 5.95. The predicted octanol–water partition coefficient (Wildman–Crippen LogP) is 2.52. The third-order valence-corrected chi connectivity index (χ3v) is 4.11. The number of nitrogens with zero attached hydrogens (tertiary/aromatic N) is 2. The number of hydrogen-bond donors (Lipinski definition) is 2. The first-order chi connectivity index (χ1) is 12.6. The monoisotopic (exact) mass is 350 g/mol. The summed E-state index contributed by atoms with van der Waals surface area (Å²) in [4.78, 5) is 20.1. The van der Waals surface area contributed by atoms with Crippen LogP contribution in [0, 0.1) is 5.82 Å². The minimum atomic E-state index is -0.699. The van der Waals surface area contributed by atoms with Crippen LogP contribution in [0.4, 0.5) is 4.39 Å². The van der Waals surface area contributed by atoms with E-state index in [1.165, 1.54) is 12.1 Å². The van der Waals surface area contributed by atoms with Crippen molar-refractivity contribution in [2.75, 3.05) is 0 Å². The van der Waals surface area contributed by atoms with Crippen molar-refractivity contribution < 1.29 is 9.18 Å². The molecule has 0 spiro atoms. The van der Waals surface area contributed by atoms with Gasteiger partial charge in [0.1, 0.15) is 11.9 Å². The van der Waals surface area contributed by atoms with Gasteiger partial charge in [-0.15, -0.1) is 0 Å². The fraction of sp³-hybridized carbons (Fsp3) is 0.150. The number of aromatic nitrogens is 2. The van der Waals surface area contributed by atoms with Crippen molar-refractivity contribution in [3.63, 3.8) is 0 Å². The van der Waals surface area contributed by atoms with Crippen LogP contribution in [0.25, 0.3) is 0 Å². The minimum Gasteiger partial charge on any atom is -0.368 e. The maximum Gasteiger partial charge on any atom is 0.239 e. The Morgan fingerprint density at radius 3 is 2.50 bits per heavy atom. The number of carbonyl (C=O) groups excluding carboxylic acids is 1. The van der Waals surface area contributed by atoms with E-state index in [0.29, 0.717) is 18.5 Å². The fourth-order valence-corrected chi connectivity index (χ4v) is 2.76. The Labute approximate surface area is 151 Å². The van der Waals surface area contributed by atoms with Gasteiger partial charge in [-0.2, -0.15) is 0 Å². The lowest BCUT2D eigenvalue weighted by Gasteiger charge is -2.17. The third-order valence-electron chi connectivity index (χ3n) is 4.11. The van der Waals surface area contributed by atoms with E-state index in [9.17, 15) is 9.18 Å². The molecule has 1 amide bonds. The smallest absolute Gasteiger partial charge is 0.239 e. The quantitative estimate of drug-likeness (QED) is 0.686. The van der Waals surface area contributed by atoms with Crippen LogP contribution in [0.15, 0.2) is 67.3 Å². The van der Waals surface area contributed by atoms with Gasteiger partial charge in [-0.3, -0.25) is 20.1 Å². The van der Waals surface area contributed by atoms with Crippen LogP contribution >= 0.6 is 0 Å². The average molecular weight is 350 g/mol. The lowest BCUT2D eigenvalue weighted by Crippen LogP contribution is -2.33. The Balaban J connectivity index is 1.75. The molecule has 0 saturated carbocycles. The number of benzene rings is 1. The molecule has 0 saturated heterocycles. The van der Waals surface area contributed by atoms with E-state index in [0.717, 1.165) is 16.7 Å². The van der Waals surface area contributed by atoms with Crippen molar-refractivity contribution in [1.29, 1.82) is 0 Å². The number of carbonyl (C=O) groups is 1. The summed E-state index contributed by atoms with van der Waals surface area (Å²) in [7, 11) is 0. The molecule has 0 fully saturated rings. The van der Waals surface area contributed by atoms with Crippen LogP contribution < -0.4 is 11.1 Å². The molecule has 2 heterocycles. The highest BCUT2D eigenvalue weighted by Crippen LogP contribution is 2.17.